The average Bonchev–Trinajstić information content (AvgIpc) is 2.46. The van der Waals surface area contributed by atoms with Gasteiger partial charge in [0.15, 0.2) is 5.43 Å². The lowest BCUT2D eigenvalue weighted by atomic mass is 10.2. The number of fused-ring (bicyclic) bond motifs is 1. The Hall–Kier alpha value is -2.21. The van der Waals surface area contributed by atoms with Gasteiger partial charge in [-0.15, -0.1) is 11.8 Å². The van der Waals surface area contributed by atoms with Crippen molar-refractivity contribution in [1.82, 2.24) is 4.98 Å². The van der Waals surface area contributed by atoms with Gasteiger partial charge in [0, 0.05) is 40.8 Å². The molecule has 21 heavy (non-hydrogen) atoms. The first-order valence-electron chi connectivity index (χ1n) is 6.60. The lowest BCUT2D eigenvalue weighted by Gasteiger charge is -2.29. The van der Waals surface area contributed by atoms with Gasteiger partial charge in [0.25, 0.3) is 5.91 Å². The Kier molecular flexibility index (Phi) is 3.47. The zero-order chi connectivity index (χ0) is 15.0. The molecule has 0 spiro atoms. The Labute approximate surface area is 126 Å². The molecule has 0 saturated heterocycles. The molecule has 0 aliphatic carbocycles. The maximum Gasteiger partial charge on any atom is 0.263 e. The summed E-state index contributed by atoms with van der Waals surface area (Å²) in [7, 11) is 0. The molecule has 1 aliphatic heterocycles. The van der Waals surface area contributed by atoms with Gasteiger partial charge in [0.05, 0.1) is 5.69 Å². The number of carbonyl (C=O) groups excluding carboxylic acids is 1. The largest absolute Gasteiger partial charge is 0.399 e. The maximum absolute atomic E-state index is 12.7. The number of anilines is 2. The molecule has 3 N–H and O–H groups in total. The first-order valence-corrected chi connectivity index (χ1v) is 7.58. The van der Waals surface area contributed by atoms with E-state index in [1.54, 1.807) is 29.7 Å². The number of thioether (sulfide) groups is 1. The van der Waals surface area contributed by atoms with Crippen LogP contribution in [0.15, 0.2) is 40.2 Å². The number of benzene rings is 1. The summed E-state index contributed by atoms with van der Waals surface area (Å²) >= 11 is 1.69. The van der Waals surface area contributed by atoms with Crippen molar-refractivity contribution in [3.8, 4) is 0 Å². The highest BCUT2D eigenvalue weighted by molar-refractivity contribution is 7.99. The molecule has 0 atom stereocenters. The Morgan fingerprint density at radius 1 is 1.38 bits per heavy atom. The van der Waals surface area contributed by atoms with Crippen LogP contribution in [0.25, 0.3) is 0 Å². The van der Waals surface area contributed by atoms with E-state index in [4.69, 9.17) is 5.73 Å². The van der Waals surface area contributed by atoms with Crippen LogP contribution in [-0.4, -0.2) is 23.2 Å². The molecule has 6 heteroatoms. The third-order valence-electron chi connectivity index (χ3n) is 3.38. The van der Waals surface area contributed by atoms with E-state index >= 15 is 0 Å². The predicted octanol–water partition coefficient (Wildman–Crippen LogP) is 2.02. The molecule has 0 saturated carbocycles. The number of nitrogens with zero attached hydrogens (tertiary/aromatic N) is 1. The van der Waals surface area contributed by atoms with Gasteiger partial charge in [-0.2, -0.15) is 0 Å². The molecule has 108 valence electrons. The SMILES string of the molecule is Cc1cc(=O)c(C(=O)N2CCSc3ccc(N)cc32)c[nH]1. The molecule has 1 amide bonds. The van der Waals surface area contributed by atoms with Crippen LogP contribution in [0.1, 0.15) is 16.1 Å². The Balaban J connectivity index is 2.04. The van der Waals surface area contributed by atoms with E-state index in [1.165, 1.54) is 12.3 Å². The number of carbonyl (C=O) groups is 1. The highest BCUT2D eigenvalue weighted by Gasteiger charge is 2.25. The van der Waals surface area contributed by atoms with Crippen LogP contribution >= 0.6 is 11.8 Å². The molecule has 1 aliphatic rings. The third kappa shape index (κ3) is 2.54. The molecule has 0 unspecified atom stereocenters. The van der Waals surface area contributed by atoms with Crippen molar-refractivity contribution in [3.05, 3.63) is 51.9 Å². The highest BCUT2D eigenvalue weighted by atomic mass is 32.2. The van der Waals surface area contributed by atoms with Gasteiger partial charge in [-0.1, -0.05) is 0 Å². The van der Waals surface area contributed by atoms with Gasteiger partial charge in [-0.25, -0.2) is 0 Å². The van der Waals surface area contributed by atoms with Crippen LogP contribution in [0.5, 0.6) is 0 Å². The molecular formula is C15H15N3O2S. The molecule has 0 bridgehead atoms. The predicted molar refractivity (Wildman–Crippen MR) is 85.1 cm³/mol. The van der Waals surface area contributed by atoms with Crippen molar-refractivity contribution >= 4 is 29.0 Å². The van der Waals surface area contributed by atoms with Gasteiger partial charge in [0.1, 0.15) is 5.56 Å². The van der Waals surface area contributed by atoms with Crippen LogP contribution in [0.3, 0.4) is 0 Å². The Morgan fingerprint density at radius 3 is 2.95 bits per heavy atom. The van der Waals surface area contributed by atoms with Crippen LogP contribution in [0.4, 0.5) is 11.4 Å². The van der Waals surface area contributed by atoms with E-state index in [0.29, 0.717) is 12.2 Å². The number of hydrogen-bond acceptors (Lipinski definition) is 4. The summed E-state index contributed by atoms with van der Waals surface area (Å²) in [5.74, 6) is 0.510. The van der Waals surface area contributed by atoms with Crippen molar-refractivity contribution in [1.29, 1.82) is 0 Å². The molecule has 3 rings (SSSR count). The number of nitrogens with two attached hydrogens (primary N) is 1. The zero-order valence-corrected chi connectivity index (χ0v) is 12.4. The van der Waals surface area contributed by atoms with Gasteiger partial charge < -0.3 is 15.6 Å². The van der Waals surface area contributed by atoms with Crippen molar-refractivity contribution in [2.24, 2.45) is 0 Å². The lowest BCUT2D eigenvalue weighted by molar-refractivity contribution is 0.0986. The summed E-state index contributed by atoms with van der Waals surface area (Å²) in [6.07, 6.45) is 1.48. The van der Waals surface area contributed by atoms with E-state index in [-0.39, 0.29) is 16.9 Å². The van der Waals surface area contributed by atoms with Crippen LogP contribution < -0.4 is 16.1 Å². The summed E-state index contributed by atoms with van der Waals surface area (Å²) in [4.78, 5) is 30.2. The number of nitrogens with one attached hydrogen (secondary N) is 1. The Morgan fingerprint density at radius 2 is 2.19 bits per heavy atom. The molecule has 1 aromatic heterocycles. The van der Waals surface area contributed by atoms with Gasteiger partial charge in [-0.3, -0.25) is 9.59 Å². The normalized spacial score (nSPS) is 13.9. The minimum Gasteiger partial charge on any atom is -0.399 e. The van der Waals surface area contributed by atoms with E-state index in [9.17, 15) is 9.59 Å². The van der Waals surface area contributed by atoms with E-state index < -0.39 is 0 Å². The van der Waals surface area contributed by atoms with Gasteiger partial charge in [0.2, 0.25) is 0 Å². The third-order valence-corrected chi connectivity index (χ3v) is 4.42. The molecule has 1 aromatic carbocycles. The second kappa shape index (κ2) is 5.29. The quantitative estimate of drug-likeness (QED) is 0.790. The molecular weight excluding hydrogens is 286 g/mol. The molecule has 2 aromatic rings. The fourth-order valence-corrected chi connectivity index (χ4v) is 3.31. The minimum absolute atomic E-state index is 0.154. The summed E-state index contributed by atoms with van der Waals surface area (Å²) in [6, 6.07) is 6.95. The second-order valence-corrected chi connectivity index (χ2v) is 6.06. The number of amides is 1. The topological polar surface area (TPSA) is 79.2 Å². The smallest absolute Gasteiger partial charge is 0.263 e. The number of aromatic amines is 1. The van der Waals surface area contributed by atoms with Crippen molar-refractivity contribution in [3.63, 3.8) is 0 Å². The fourth-order valence-electron chi connectivity index (χ4n) is 2.33. The standard InChI is InChI=1S/C15H15N3O2S/c1-9-6-13(19)11(8-17-9)15(20)18-4-5-21-14-3-2-10(16)7-12(14)18/h2-3,6-8H,4-5,16H2,1H3,(H,17,19). The minimum atomic E-state index is -0.289. The summed E-state index contributed by atoms with van der Waals surface area (Å²) in [5, 5.41) is 0. The van der Waals surface area contributed by atoms with E-state index in [1.807, 2.05) is 12.1 Å². The number of hydrogen-bond donors (Lipinski definition) is 2. The molecule has 2 heterocycles. The second-order valence-electron chi connectivity index (χ2n) is 4.93. The number of nitrogen functional groups attached to an aromatic ring is 1. The highest BCUT2D eigenvalue weighted by Crippen LogP contribution is 2.36. The number of pyridine rings is 1. The van der Waals surface area contributed by atoms with Crippen LogP contribution in [0, 0.1) is 6.92 Å². The van der Waals surface area contributed by atoms with Gasteiger partial charge >= 0.3 is 0 Å². The number of rotatable bonds is 1. The van der Waals surface area contributed by atoms with Gasteiger partial charge in [-0.05, 0) is 25.1 Å². The first-order chi connectivity index (χ1) is 10.1. The van der Waals surface area contributed by atoms with Crippen LogP contribution in [-0.2, 0) is 0 Å². The number of aryl methyl sites for hydroxylation is 1. The van der Waals surface area contributed by atoms with E-state index in [2.05, 4.69) is 4.98 Å². The number of aromatic nitrogens is 1. The molecule has 0 fully saturated rings. The Bertz CT molecular complexity index is 770. The summed E-state index contributed by atoms with van der Waals surface area (Å²) < 4.78 is 0. The lowest BCUT2D eigenvalue weighted by Crippen LogP contribution is -2.38. The number of H-pyrrole nitrogens is 1. The van der Waals surface area contributed by atoms with E-state index in [0.717, 1.165) is 22.0 Å². The van der Waals surface area contributed by atoms with Crippen molar-refractivity contribution < 1.29 is 4.79 Å². The van der Waals surface area contributed by atoms with Crippen LogP contribution in [0.2, 0.25) is 0 Å². The first kappa shape index (κ1) is 13.8. The maximum atomic E-state index is 12.7. The fraction of sp³-hybridized carbons (Fsp3) is 0.200. The summed E-state index contributed by atoms with van der Waals surface area (Å²) in [6.45, 7) is 2.34. The molecule has 0 radical (unpaired) electrons. The average molecular weight is 301 g/mol. The summed E-state index contributed by atoms with van der Waals surface area (Å²) in [5.41, 5.74) is 7.82. The molecule has 5 nitrogen and oxygen atoms in total. The van der Waals surface area contributed by atoms with Crippen molar-refractivity contribution in [2.45, 2.75) is 11.8 Å². The van der Waals surface area contributed by atoms with Crippen molar-refractivity contribution in [2.75, 3.05) is 22.9 Å². The monoisotopic (exact) mass is 301 g/mol. The zero-order valence-electron chi connectivity index (χ0n) is 11.6.